The second kappa shape index (κ2) is 6.14. The zero-order valence-electron chi connectivity index (χ0n) is 11.5. The van der Waals surface area contributed by atoms with Crippen LogP contribution >= 0.6 is 23.2 Å². The molecule has 22 heavy (non-hydrogen) atoms. The average molecular weight is 337 g/mol. The molecule has 0 aliphatic carbocycles. The molecule has 1 atom stereocenters. The Bertz CT molecular complexity index is 722. The predicted molar refractivity (Wildman–Crippen MR) is 89.4 cm³/mol. The summed E-state index contributed by atoms with van der Waals surface area (Å²) in [5.74, 6) is 5.37. The van der Waals surface area contributed by atoms with Gasteiger partial charge in [0, 0.05) is 5.02 Å². The van der Waals surface area contributed by atoms with Gasteiger partial charge in [0.25, 0.3) is 0 Å². The van der Waals surface area contributed by atoms with Crippen molar-refractivity contribution in [2.24, 2.45) is 5.84 Å². The molecular weight excluding hydrogens is 323 g/mol. The first-order valence-corrected chi connectivity index (χ1v) is 7.45. The summed E-state index contributed by atoms with van der Waals surface area (Å²) >= 11 is 12.4. The number of carbonyl (C=O) groups is 1. The van der Waals surface area contributed by atoms with Crippen LogP contribution in [0.3, 0.4) is 0 Å². The van der Waals surface area contributed by atoms with E-state index in [0.29, 0.717) is 21.4 Å². The zero-order valence-corrected chi connectivity index (χ0v) is 13.0. The number of hydrazine groups is 1. The van der Waals surface area contributed by atoms with E-state index in [9.17, 15) is 4.79 Å². The number of hydrogen-bond acceptors (Lipinski definition) is 4. The minimum Gasteiger partial charge on any atom is -0.367 e. The molecule has 0 aromatic heterocycles. The first kappa shape index (κ1) is 15.1. The topological polar surface area (TPSA) is 70.4 Å². The number of carbonyl (C=O) groups excluding carboxylic acids is 1. The number of para-hydroxylation sites is 1. The number of amides is 1. The number of anilines is 3. The standard InChI is InChI=1S/C15H14Cl2N4O/c16-9-5-6-11-13(7-9)21(12-4-2-1-3-10(12)17)15(22)8-14(19-11)20-18/h1-7,14,19-20H,8,18H2. The lowest BCUT2D eigenvalue weighted by molar-refractivity contribution is -0.118. The Morgan fingerprint density at radius 3 is 2.68 bits per heavy atom. The summed E-state index contributed by atoms with van der Waals surface area (Å²) in [4.78, 5) is 14.3. The normalized spacial score (nSPS) is 17.7. The van der Waals surface area contributed by atoms with Crippen LogP contribution in [0.4, 0.5) is 17.1 Å². The molecule has 3 rings (SSSR count). The molecule has 4 N–H and O–H groups in total. The zero-order chi connectivity index (χ0) is 15.7. The van der Waals surface area contributed by atoms with E-state index < -0.39 is 0 Å². The maximum atomic E-state index is 12.7. The van der Waals surface area contributed by atoms with E-state index in [-0.39, 0.29) is 18.5 Å². The SMILES string of the molecule is NNC1CC(=O)N(c2ccccc2Cl)c2cc(Cl)ccc2N1. The third-order valence-corrected chi connectivity index (χ3v) is 4.01. The van der Waals surface area contributed by atoms with Crippen LogP contribution in [-0.2, 0) is 4.79 Å². The fourth-order valence-corrected chi connectivity index (χ4v) is 2.84. The molecule has 114 valence electrons. The average Bonchev–Trinajstić information content (AvgIpc) is 2.64. The summed E-state index contributed by atoms with van der Waals surface area (Å²) in [5, 5.41) is 4.20. The fraction of sp³-hybridized carbons (Fsp3) is 0.133. The van der Waals surface area contributed by atoms with Crippen molar-refractivity contribution in [3.05, 3.63) is 52.5 Å². The molecule has 7 heteroatoms. The Morgan fingerprint density at radius 1 is 1.18 bits per heavy atom. The largest absolute Gasteiger partial charge is 0.367 e. The van der Waals surface area contributed by atoms with Crippen molar-refractivity contribution in [2.75, 3.05) is 10.2 Å². The van der Waals surface area contributed by atoms with E-state index in [1.54, 1.807) is 29.2 Å². The molecule has 1 aliphatic heterocycles. The van der Waals surface area contributed by atoms with Crippen LogP contribution in [0.1, 0.15) is 6.42 Å². The molecule has 0 fully saturated rings. The predicted octanol–water partition coefficient (Wildman–Crippen LogP) is 3.26. The lowest BCUT2D eigenvalue weighted by atomic mass is 10.2. The van der Waals surface area contributed by atoms with E-state index in [1.807, 2.05) is 18.2 Å². The number of halogens is 2. The molecule has 1 unspecified atom stereocenters. The maximum absolute atomic E-state index is 12.7. The molecule has 2 aromatic rings. The monoisotopic (exact) mass is 336 g/mol. The van der Waals surface area contributed by atoms with Gasteiger partial charge in [-0.25, -0.2) is 5.43 Å². The van der Waals surface area contributed by atoms with Gasteiger partial charge in [-0.1, -0.05) is 35.3 Å². The molecule has 1 heterocycles. The molecule has 0 saturated heterocycles. The van der Waals surface area contributed by atoms with Gasteiger partial charge in [-0.3, -0.25) is 15.5 Å². The van der Waals surface area contributed by atoms with Crippen molar-refractivity contribution in [3.8, 4) is 0 Å². The second-order valence-electron chi connectivity index (χ2n) is 4.91. The van der Waals surface area contributed by atoms with Crippen LogP contribution in [0.25, 0.3) is 0 Å². The summed E-state index contributed by atoms with van der Waals surface area (Å²) in [6, 6.07) is 12.5. The van der Waals surface area contributed by atoms with Gasteiger partial charge in [0.1, 0.15) is 0 Å². The van der Waals surface area contributed by atoms with E-state index in [0.717, 1.165) is 5.69 Å². The van der Waals surface area contributed by atoms with Crippen molar-refractivity contribution in [3.63, 3.8) is 0 Å². The van der Waals surface area contributed by atoms with Crippen molar-refractivity contribution in [1.29, 1.82) is 0 Å². The highest BCUT2D eigenvalue weighted by Crippen LogP contribution is 2.40. The summed E-state index contributed by atoms with van der Waals surface area (Å²) in [6.07, 6.45) is -0.200. The van der Waals surface area contributed by atoms with Gasteiger partial charge in [0.15, 0.2) is 0 Å². The molecule has 2 aromatic carbocycles. The number of nitrogens with one attached hydrogen (secondary N) is 2. The number of nitrogens with two attached hydrogens (primary N) is 1. The highest BCUT2D eigenvalue weighted by Gasteiger charge is 2.29. The second-order valence-corrected chi connectivity index (χ2v) is 5.75. The van der Waals surface area contributed by atoms with Gasteiger partial charge in [-0.15, -0.1) is 0 Å². The van der Waals surface area contributed by atoms with Crippen molar-refractivity contribution >= 4 is 46.2 Å². The number of nitrogens with zero attached hydrogens (tertiary/aromatic N) is 1. The first-order valence-electron chi connectivity index (χ1n) is 6.70. The van der Waals surface area contributed by atoms with Crippen molar-refractivity contribution in [1.82, 2.24) is 5.43 Å². The van der Waals surface area contributed by atoms with Crippen LogP contribution in [0, 0.1) is 0 Å². The minimum atomic E-state index is -0.375. The molecule has 1 aliphatic rings. The highest BCUT2D eigenvalue weighted by molar-refractivity contribution is 6.34. The van der Waals surface area contributed by atoms with Crippen LogP contribution < -0.4 is 21.5 Å². The summed E-state index contributed by atoms with van der Waals surface area (Å²) in [6.45, 7) is 0. The van der Waals surface area contributed by atoms with Crippen LogP contribution in [-0.4, -0.2) is 12.1 Å². The fourth-order valence-electron chi connectivity index (χ4n) is 2.45. The smallest absolute Gasteiger partial charge is 0.235 e. The minimum absolute atomic E-state index is 0.135. The Kier molecular flexibility index (Phi) is 4.22. The number of benzene rings is 2. The van der Waals surface area contributed by atoms with Gasteiger partial charge < -0.3 is 5.32 Å². The maximum Gasteiger partial charge on any atom is 0.235 e. The third-order valence-electron chi connectivity index (χ3n) is 3.45. The third kappa shape index (κ3) is 2.76. The van der Waals surface area contributed by atoms with E-state index >= 15 is 0 Å². The van der Waals surface area contributed by atoms with Gasteiger partial charge in [0.2, 0.25) is 5.91 Å². The first-order chi connectivity index (χ1) is 10.6. The molecular formula is C15H14Cl2N4O. The van der Waals surface area contributed by atoms with Crippen LogP contribution in [0.5, 0.6) is 0 Å². The van der Waals surface area contributed by atoms with Gasteiger partial charge in [-0.05, 0) is 30.3 Å². The van der Waals surface area contributed by atoms with Crippen LogP contribution in [0.15, 0.2) is 42.5 Å². The highest BCUT2D eigenvalue weighted by atomic mass is 35.5. The number of rotatable bonds is 2. The number of hydrogen-bond donors (Lipinski definition) is 3. The van der Waals surface area contributed by atoms with Gasteiger partial charge in [0.05, 0.1) is 34.7 Å². The van der Waals surface area contributed by atoms with E-state index in [4.69, 9.17) is 29.0 Å². The van der Waals surface area contributed by atoms with E-state index in [2.05, 4.69) is 10.7 Å². The molecule has 0 saturated carbocycles. The van der Waals surface area contributed by atoms with Crippen molar-refractivity contribution in [2.45, 2.75) is 12.6 Å². The number of fused-ring (bicyclic) bond motifs is 1. The molecule has 1 amide bonds. The summed E-state index contributed by atoms with van der Waals surface area (Å²) in [7, 11) is 0. The Labute approximate surface area is 138 Å². The molecule has 0 radical (unpaired) electrons. The summed E-state index contributed by atoms with van der Waals surface area (Å²) < 4.78 is 0. The van der Waals surface area contributed by atoms with Gasteiger partial charge >= 0.3 is 0 Å². The Hall–Kier alpha value is -1.79. The molecule has 0 bridgehead atoms. The lowest BCUT2D eigenvalue weighted by Crippen LogP contribution is -2.42. The van der Waals surface area contributed by atoms with Crippen molar-refractivity contribution < 1.29 is 4.79 Å². The molecule has 0 spiro atoms. The molecule has 5 nitrogen and oxygen atoms in total. The quantitative estimate of drug-likeness (QED) is 0.581. The van der Waals surface area contributed by atoms with E-state index in [1.165, 1.54) is 0 Å². The lowest BCUT2D eigenvalue weighted by Gasteiger charge is -2.23. The summed E-state index contributed by atoms with van der Waals surface area (Å²) in [5.41, 5.74) is 4.59. The van der Waals surface area contributed by atoms with Gasteiger partial charge in [-0.2, -0.15) is 0 Å². The Balaban J connectivity index is 2.18. The van der Waals surface area contributed by atoms with Crippen LogP contribution in [0.2, 0.25) is 10.0 Å². The Morgan fingerprint density at radius 2 is 1.95 bits per heavy atom.